The summed E-state index contributed by atoms with van der Waals surface area (Å²) in [5, 5.41) is 16.1. The largest absolute Gasteiger partial charge is 0.480 e. The van der Waals surface area contributed by atoms with Crippen LogP contribution in [0.1, 0.15) is 39.2 Å². The monoisotopic (exact) mass is 589 g/mol. The third-order valence-electron chi connectivity index (χ3n) is 7.22. The van der Waals surface area contributed by atoms with Crippen molar-refractivity contribution < 1.29 is 24.2 Å². The number of carboxylic acids is 1. The molecule has 4 rings (SSSR count). The van der Waals surface area contributed by atoms with Gasteiger partial charge in [-0.25, -0.2) is 19.4 Å². The molecule has 2 heterocycles. The van der Waals surface area contributed by atoms with Crippen molar-refractivity contribution in [1.29, 1.82) is 0 Å². The van der Waals surface area contributed by atoms with E-state index in [2.05, 4.69) is 20.6 Å². The topological polar surface area (TPSA) is 140 Å². The molecule has 1 fully saturated rings. The number of likely N-dealkylation sites (tertiary alicyclic amines) is 1. The van der Waals surface area contributed by atoms with Crippen molar-refractivity contribution in [2.24, 2.45) is 0 Å². The summed E-state index contributed by atoms with van der Waals surface area (Å²) in [4.78, 5) is 52.3. The van der Waals surface area contributed by atoms with Crippen LogP contribution in [0.3, 0.4) is 0 Å². The van der Waals surface area contributed by atoms with E-state index in [1.807, 2.05) is 43.9 Å². The van der Waals surface area contributed by atoms with Crippen LogP contribution in [-0.4, -0.2) is 76.8 Å². The van der Waals surface area contributed by atoms with Gasteiger partial charge in [0, 0.05) is 44.8 Å². The molecule has 0 aliphatic carbocycles. The molecular formula is C31H39N7O5. The summed E-state index contributed by atoms with van der Waals surface area (Å²) >= 11 is 0. The van der Waals surface area contributed by atoms with Crippen LogP contribution in [-0.2, 0) is 11.2 Å². The summed E-state index contributed by atoms with van der Waals surface area (Å²) in [6.45, 7) is 8.74. The lowest BCUT2D eigenvalue weighted by Gasteiger charge is -2.27. The maximum absolute atomic E-state index is 13.3. The van der Waals surface area contributed by atoms with Gasteiger partial charge in [0.05, 0.1) is 6.20 Å². The van der Waals surface area contributed by atoms with Gasteiger partial charge in [0.15, 0.2) is 5.82 Å². The van der Waals surface area contributed by atoms with Crippen molar-refractivity contribution in [3.63, 3.8) is 0 Å². The van der Waals surface area contributed by atoms with Crippen molar-refractivity contribution in [2.45, 2.75) is 46.1 Å². The van der Waals surface area contributed by atoms with Crippen LogP contribution in [0.25, 0.3) is 0 Å². The molecule has 0 saturated carbocycles. The highest BCUT2D eigenvalue weighted by Gasteiger charge is 2.26. The highest BCUT2D eigenvalue weighted by Crippen LogP contribution is 2.28. The maximum Gasteiger partial charge on any atom is 0.415 e. The number of hydrogen-bond acceptors (Lipinski definition) is 8. The number of benzene rings is 2. The second kappa shape index (κ2) is 14.9. The number of aliphatic carboxylic acids is 1. The van der Waals surface area contributed by atoms with Crippen LogP contribution >= 0.6 is 0 Å². The van der Waals surface area contributed by atoms with Crippen molar-refractivity contribution in [2.75, 3.05) is 53.2 Å². The molecule has 0 bridgehead atoms. The number of carbonyl (C=O) groups is 3. The predicted molar refractivity (Wildman–Crippen MR) is 166 cm³/mol. The van der Waals surface area contributed by atoms with Crippen LogP contribution in [0.5, 0.6) is 5.75 Å². The lowest BCUT2D eigenvalue weighted by Crippen LogP contribution is -2.38. The number of rotatable bonds is 12. The van der Waals surface area contributed by atoms with E-state index in [-0.39, 0.29) is 24.9 Å². The minimum absolute atomic E-state index is 0.113. The zero-order valence-corrected chi connectivity index (χ0v) is 24.8. The van der Waals surface area contributed by atoms with Gasteiger partial charge in [0.2, 0.25) is 5.95 Å². The van der Waals surface area contributed by atoms with Gasteiger partial charge in [0.1, 0.15) is 17.5 Å². The molecule has 12 nitrogen and oxygen atoms in total. The Balaban J connectivity index is 1.56. The summed E-state index contributed by atoms with van der Waals surface area (Å²) in [6, 6.07) is 14.4. The fourth-order valence-corrected chi connectivity index (χ4v) is 4.82. The summed E-state index contributed by atoms with van der Waals surface area (Å²) in [5.41, 5.74) is 1.69. The highest BCUT2D eigenvalue weighted by atomic mass is 16.6. The number of nitrogens with one attached hydrogen (secondary N) is 2. The Morgan fingerprint density at radius 3 is 2.26 bits per heavy atom. The lowest BCUT2D eigenvalue weighted by atomic mass is 10.1. The van der Waals surface area contributed by atoms with Gasteiger partial charge in [-0.15, -0.1) is 0 Å². The fourth-order valence-electron chi connectivity index (χ4n) is 4.82. The van der Waals surface area contributed by atoms with Gasteiger partial charge in [-0.3, -0.25) is 4.90 Å². The Hall–Kier alpha value is -4.87. The fraction of sp³-hybridized carbons (Fsp3) is 0.387. The van der Waals surface area contributed by atoms with E-state index in [1.165, 1.54) is 4.90 Å². The molecule has 2 aromatic carbocycles. The number of urea groups is 1. The van der Waals surface area contributed by atoms with Gasteiger partial charge in [0.25, 0.3) is 0 Å². The number of carbonyl (C=O) groups excluding carboxylic acids is 2. The van der Waals surface area contributed by atoms with E-state index in [9.17, 15) is 19.5 Å². The van der Waals surface area contributed by atoms with Gasteiger partial charge in [-0.05, 0) is 63.4 Å². The molecule has 1 aromatic heterocycles. The summed E-state index contributed by atoms with van der Waals surface area (Å²) in [7, 11) is 0. The molecule has 0 radical (unpaired) electrons. The normalized spacial score (nSPS) is 13.2. The summed E-state index contributed by atoms with van der Waals surface area (Å²) < 4.78 is 5.47. The number of para-hydroxylation sites is 1. The van der Waals surface area contributed by atoms with Crippen LogP contribution in [0, 0.1) is 0 Å². The average Bonchev–Trinajstić information content (AvgIpc) is 3.56. The minimum Gasteiger partial charge on any atom is -0.480 e. The first-order chi connectivity index (χ1) is 20.8. The molecule has 3 N–H and O–H groups in total. The van der Waals surface area contributed by atoms with Crippen molar-refractivity contribution in [1.82, 2.24) is 14.9 Å². The first-order valence-electron chi connectivity index (χ1n) is 14.6. The van der Waals surface area contributed by atoms with Gasteiger partial charge in [-0.2, -0.15) is 4.98 Å². The zero-order valence-electron chi connectivity index (χ0n) is 24.8. The Morgan fingerprint density at radius 1 is 0.977 bits per heavy atom. The number of anilines is 4. The molecule has 12 heteroatoms. The Labute approximate surface area is 251 Å². The second-order valence-corrected chi connectivity index (χ2v) is 10.1. The number of ether oxygens (including phenoxy) is 1. The van der Waals surface area contributed by atoms with Gasteiger partial charge < -0.3 is 30.3 Å². The molecule has 0 spiro atoms. The minimum atomic E-state index is -1.09. The van der Waals surface area contributed by atoms with Crippen LogP contribution in [0.2, 0.25) is 0 Å². The standard InChI is InChI=1S/C31H39N7O5/c1-4-36(5-2)29-32-21-26(38(6-3)30(41)33-23-12-8-7-9-13-23)27(35-29)34-25(28(39)40)20-22-14-16-24(17-15-22)43-31(42)37-18-10-11-19-37/h7-9,12-17,21,25H,4-6,10-11,18-20H2,1-3H3,(H,33,41)(H,39,40)(H,32,34,35)/t25-/m0/s1. The van der Waals surface area contributed by atoms with Crippen LogP contribution in [0.15, 0.2) is 60.8 Å². The Morgan fingerprint density at radius 2 is 1.65 bits per heavy atom. The Kier molecular flexibility index (Phi) is 10.7. The molecule has 1 aliphatic heterocycles. The molecule has 0 unspecified atom stereocenters. The number of nitrogens with zero attached hydrogens (tertiary/aromatic N) is 5. The number of carboxylic acid groups (broad SMARTS) is 1. The second-order valence-electron chi connectivity index (χ2n) is 10.1. The molecule has 1 atom stereocenters. The molecule has 228 valence electrons. The highest BCUT2D eigenvalue weighted by molar-refractivity contribution is 6.03. The van der Waals surface area contributed by atoms with Crippen molar-refractivity contribution in [3.8, 4) is 5.75 Å². The quantitative estimate of drug-likeness (QED) is 0.264. The first kappa shape index (κ1) is 31.1. The van der Waals surface area contributed by atoms with Gasteiger partial charge >= 0.3 is 18.1 Å². The van der Waals surface area contributed by atoms with E-state index >= 15 is 0 Å². The molecular weight excluding hydrogens is 550 g/mol. The summed E-state index contributed by atoms with van der Waals surface area (Å²) in [6.07, 6.45) is 3.21. The Bertz CT molecular complexity index is 1380. The SMILES string of the molecule is CCN(CC)c1ncc(N(CC)C(=O)Nc2ccccc2)c(N[C@@H](Cc2ccc(OC(=O)N3CCCC3)cc2)C(=O)O)n1. The van der Waals surface area contributed by atoms with E-state index in [0.29, 0.717) is 49.3 Å². The zero-order chi connectivity index (χ0) is 30.8. The summed E-state index contributed by atoms with van der Waals surface area (Å²) in [5.74, 6) is -0.0460. The third-order valence-corrected chi connectivity index (χ3v) is 7.22. The molecule has 3 aromatic rings. The van der Waals surface area contributed by atoms with E-state index in [0.717, 1.165) is 18.4 Å². The third kappa shape index (κ3) is 8.12. The van der Waals surface area contributed by atoms with Gasteiger partial charge in [-0.1, -0.05) is 30.3 Å². The number of amides is 3. The predicted octanol–water partition coefficient (Wildman–Crippen LogP) is 5.08. The first-order valence-corrected chi connectivity index (χ1v) is 14.6. The maximum atomic E-state index is 13.3. The molecule has 1 aliphatic rings. The number of aromatic nitrogens is 2. The molecule has 1 saturated heterocycles. The van der Waals surface area contributed by atoms with E-state index in [1.54, 1.807) is 47.5 Å². The lowest BCUT2D eigenvalue weighted by molar-refractivity contribution is -0.137. The van der Waals surface area contributed by atoms with Crippen LogP contribution < -0.4 is 25.2 Å². The molecule has 43 heavy (non-hydrogen) atoms. The molecule has 3 amide bonds. The smallest absolute Gasteiger partial charge is 0.415 e. The van der Waals surface area contributed by atoms with Crippen LogP contribution in [0.4, 0.5) is 32.7 Å². The van der Waals surface area contributed by atoms with Crippen molar-refractivity contribution >= 4 is 41.2 Å². The van der Waals surface area contributed by atoms with E-state index < -0.39 is 18.0 Å². The average molecular weight is 590 g/mol. The van der Waals surface area contributed by atoms with E-state index in [4.69, 9.17) is 4.74 Å². The number of hydrogen-bond donors (Lipinski definition) is 3. The van der Waals surface area contributed by atoms with Crippen molar-refractivity contribution in [3.05, 3.63) is 66.4 Å².